The zero-order chi connectivity index (χ0) is 18.8. The molecule has 0 unspecified atom stereocenters. The summed E-state index contributed by atoms with van der Waals surface area (Å²) in [6.45, 7) is 6.54. The van der Waals surface area contributed by atoms with E-state index in [1.54, 1.807) is 49.6 Å². The van der Waals surface area contributed by atoms with Gasteiger partial charge in [0, 0.05) is 5.56 Å². The van der Waals surface area contributed by atoms with Gasteiger partial charge in [0.05, 0.1) is 19.4 Å². The van der Waals surface area contributed by atoms with Crippen molar-refractivity contribution in [3.05, 3.63) is 60.7 Å². The standard InChI is InChI=1S/C20H23NO5/c1-4-5-13-24-19-14-16(11-12-18(19)23-3)15(2)21-26-20(22)25-17-9-7-6-8-10-17/h6-12,14,21H,2,4-5,13H2,1,3H3. The van der Waals surface area contributed by atoms with Gasteiger partial charge in [-0.05, 0) is 36.8 Å². The van der Waals surface area contributed by atoms with Gasteiger partial charge in [-0.15, -0.1) is 0 Å². The van der Waals surface area contributed by atoms with Crippen LogP contribution in [-0.4, -0.2) is 19.9 Å². The van der Waals surface area contributed by atoms with E-state index in [0.29, 0.717) is 35.1 Å². The second-order valence-corrected chi connectivity index (χ2v) is 5.42. The number of rotatable bonds is 9. The Morgan fingerprint density at radius 2 is 1.88 bits per heavy atom. The van der Waals surface area contributed by atoms with Crippen LogP contribution in [0.5, 0.6) is 17.2 Å². The smallest absolute Gasteiger partial charge is 0.493 e. The Morgan fingerprint density at radius 1 is 1.12 bits per heavy atom. The van der Waals surface area contributed by atoms with Gasteiger partial charge in [0.15, 0.2) is 11.5 Å². The fraction of sp³-hybridized carbons (Fsp3) is 0.250. The van der Waals surface area contributed by atoms with Crippen molar-refractivity contribution in [2.45, 2.75) is 19.8 Å². The second kappa shape index (κ2) is 9.98. The topological polar surface area (TPSA) is 66.0 Å². The highest BCUT2D eigenvalue weighted by atomic mass is 16.8. The molecule has 2 rings (SSSR count). The molecule has 6 heteroatoms. The third-order valence-electron chi connectivity index (χ3n) is 3.47. The first kappa shape index (κ1) is 19.2. The summed E-state index contributed by atoms with van der Waals surface area (Å²) in [6, 6.07) is 14.0. The van der Waals surface area contributed by atoms with E-state index in [9.17, 15) is 4.79 Å². The van der Waals surface area contributed by atoms with Crippen molar-refractivity contribution in [1.82, 2.24) is 5.48 Å². The number of methoxy groups -OCH3 is 1. The lowest BCUT2D eigenvalue weighted by atomic mass is 10.1. The van der Waals surface area contributed by atoms with Crippen LogP contribution in [0.3, 0.4) is 0 Å². The summed E-state index contributed by atoms with van der Waals surface area (Å²) >= 11 is 0. The molecule has 2 aromatic carbocycles. The van der Waals surface area contributed by atoms with Gasteiger partial charge in [-0.2, -0.15) is 0 Å². The monoisotopic (exact) mass is 357 g/mol. The average Bonchev–Trinajstić information content (AvgIpc) is 2.67. The number of hydrogen-bond acceptors (Lipinski definition) is 6. The molecule has 0 aliphatic heterocycles. The van der Waals surface area contributed by atoms with E-state index < -0.39 is 6.16 Å². The summed E-state index contributed by atoms with van der Waals surface area (Å²) in [5.74, 6) is 1.62. The fourth-order valence-corrected chi connectivity index (χ4v) is 2.07. The second-order valence-electron chi connectivity index (χ2n) is 5.42. The first-order valence-corrected chi connectivity index (χ1v) is 8.34. The summed E-state index contributed by atoms with van der Waals surface area (Å²) in [7, 11) is 1.58. The van der Waals surface area contributed by atoms with E-state index >= 15 is 0 Å². The molecular weight excluding hydrogens is 334 g/mol. The maximum Gasteiger partial charge on any atom is 0.538 e. The van der Waals surface area contributed by atoms with Crippen LogP contribution in [0.1, 0.15) is 25.3 Å². The number of carbonyl (C=O) groups is 1. The van der Waals surface area contributed by atoms with Crippen molar-refractivity contribution in [3.63, 3.8) is 0 Å². The van der Waals surface area contributed by atoms with Crippen molar-refractivity contribution in [2.24, 2.45) is 0 Å². The van der Waals surface area contributed by atoms with Gasteiger partial charge < -0.3 is 19.0 Å². The normalized spacial score (nSPS) is 9.92. The molecular formula is C20H23NO5. The molecule has 0 atom stereocenters. The van der Waals surface area contributed by atoms with Crippen molar-refractivity contribution in [3.8, 4) is 17.2 Å². The largest absolute Gasteiger partial charge is 0.538 e. The molecule has 0 spiro atoms. The van der Waals surface area contributed by atoms with Crippen LogP contribution in [0.15, 0.2) is 55.1 Å². The Bertz CT molecular complexity index is 730. The summed E-state index contributed by atoms with van der Waals surface area (Å²) in [5, 5.41) is 0. The van der Waals surface area contributed by atoms with E-state index in [0.717, 1.165) is 12.8 Å². The van der Waals surface area contributed by atoms with Gasteiger partial charge in [-0.1, -0.05) is 38.1 Å². The minimum absolute atomic E-state index is 0.387. The quantitative estimate of drug-likeness (QED) is 0.307. The third-order valence-corrected chi connectivity index (χ3v) is 3.47. The Balaban J connectivity index is 1.93. The van der Waals surface area contributed by atoms with Gasteiger partial charge in [-0.25, -0.2) is 10.3 Å². The molecule has 0 aliphatic rings. The summed E-state index contributed by atoms with van der Waals surface area (Å²) < 4.78 is 16.0. The van der Waals surface area contributed by atoms with E-state index in [1.807, 2.05) is 6.07 Å². The van der Waals surface area contributed by atoms with Crippen LogP contribution in [0, 0.1) is 0 Å². The van der Waals surface area contributed by atoms with Crippen molar-refractivity contribution in [1.29, 1.82) is 0 Å². The van der Waals surface area contributed by atoms with Gasteiger partial charge in [0.25, 0.3) is 0 Å². The molecule has 0 bridgehead atoms. The average molecular weight is 357 g/mol. The number of para-hydroxylation sites is 1. The molecule has 1 N–H and O–H groups in total. The molecule has 0 aromatic heterocycles. The van der Waals surface area contributed by atoms with Crippen LogP contribution < -0.4 is 19.7 Å². The predicted molar refractivity (Wildman–Crippen MR) is 99.1 cm³/mol. The minimum Gasteiger partial charge on any atom is -0.493 e. The van der Waals surface area contributed by atoms with Gasteiger partial charge in [0.2, 0.25) is 0 Å². The highest BCUT2D eigenvalue weighted by molar-refractivity contribution is 5.68. The summed E-state index contributed by atoms with van der Waals surface area (Å²) in [5.41, 5.74) is 3.57. The van der Waals surface area contributed by atoms with Crippen LogP contribution >= 0.6 is 0 Å². The maximum atomic E-state index is 11.7. The predicted octanol–water partition coefficient (Wildman–Crippen LogP) is 4.57. The molecule has 0 fully saturated rings. The SMILES string of the molecule is C=C(NOC(=O)Oc1ccccc1)c1ccc(OC)c(OCCCC)c1. The van der Waals surface area contributed by atoms with E-state index in [2.05, 4.69) is 19.0 Å². The lowest BCUT2D eigenvalue weighted by molar-refractivity contribution is 0.0722. The maximum absolute atomic E-state index is 11.7. The molecule has 138 valence electrons. The Hall–Kier alpha value is -3.15. The fourth-order valence-electron chi connectivity index (χ4n) is 2.07. The first-order valence-electron chi connectivity index (χ1n) is 8.34. The number of nitrogens with one attached hydrogen (secondary N) is 1. The number of ether oxygens (including phenoxy) is 3. The molecule has 0 saturated heterocycles. The first-order chi connectivity index (χ1) is 12.6. The zero-order valence-electron chi connectivity index (χ0n) is 15.0. The summed E-state index contributed by atoms with van der Waals surface area (Å²) in [6.07, 6.45) is 1.10. The van der Waals surface area contributed by atoms with Crippen LogP contribution in [0.4, 0.5) is 4.79 Å². The number of benzene rings is 2. The number of hydroxylamine groups is 1. The number of hydrogen-bond donors (Lipinski definition) is 1. The number of carbonyl (C=O) groups excluding carboxylic acids is 1. The molecule has 6 nitrogen and oxygen atoms in total. The lowest BCUT2D eigenvalue weighted by Crippen LogP contribution is -2.21. The lowest BCUT2D eigenvalue weighted by Gasteiger charge is -2.14. The minimum atomic E-state index is -0.884. The zero-order valence-corrected chi connectivity index (χ0v) is 15.0. The summed E-state index contributed by atoms with van der Waals surface area (Å²) in [4.78, 5) is 16.6. The Morgan fingerprint density at radius 3 is 2.58 bits per heavy atom. The molecule has 2 aromatic rings. The molecule has 0 saturated carbocycles. The Kier molecular flexibility index (Phi) is 7.36. The number of unbranched alkanes of at least 4 members (excludes halogenated alkanes) is 1. The highest BCUT2D eigenvalue weighted by Gasteiger charge is 2.11. The van der Waals surface area contributed by atoms with Gasteiger partial charge in [-0.3, -0.25) is 0 Å². The molecule has 0 heterocycles. The Labute approximate surface area is 153 Å². The van der Waals surface area contributed by atoms with Crippen molar-refractivity contribution < 1.29 is 23.8 Å². The van der Waals surface area contributed by atoms with E-state index in [-0.39, 0.29) is 0 Å². The molecule has 26 heavy (non-hydrogen) atoms. The molecule has 0 aliphatic carbocycles. The van der Waals surface area contributed by atoms with Gasteiger partial charge in [0.1, 0.15) is 5.75 Å². The van der Waals surface area contributed by atoms with Crippen molar-refractivity contribution >= 4 is 11.9 Å². The molecule has 0 radical (unpaired) electrons. The van der Waals surface area contributed by atoms with Crippen LogP contribution in [0.2, 0.25) is 0 Å². The van der Waals surface area contributed by atoms with Crippen LogP contribution in [-0.2, 0) is 4.84 Å². The van der Waals surface area contributed by atoms with Gasteiger partial charge >= 0.3 is 6.16 Å². The molecule has 0 amide bonds. The van der Waals surface area contributed by atoms with E-state index in [4.69, 9.17) is 19.0 Å². The van der Waals surface area contributed by atoms with Crippen LogP contribution in [0.25, 0.3) is 5.70 Å². The van der Waals surface area contributed by atoms with E-state index in [1.165, 1.54) is 0 Å². The van der Waals surface area contributed by atoms with Crippen molar-refractivity contribution in [2.75, 3.05) is 13.7 Å². The third kappa shape index (κ3) is 5.73. The highest BCUT2D eigenvalue weighted by Crippen LogP contribution is 2.30.